The van der Waals surface area contributed by atoms with Gasteiger partial charge in [-0.2, -0.15) is 0 Å². The smallest absolute Gasteiger partial charge is 0.0798 e. The van der Waals surface area contributed by atoms with Crippen LogP contribution in [0.3, 0.4) is 0 Å². The fraction of sp³-hybridized carbons (Fsp3) is 0.500. The summed E-state index contributed by atoms with van der Waals surface area (Å²) < 4.78 is 0. The van der Waals surface area contributed by atoms with E-state index in [0.29, 0.717) is 0 Å². The minimum absolute atomic E-state index is 0.160. The second kappa shape index (κ2) is 5.14. The van der Waals surface area contributed by atoms with Gasteiger partial charge in [-0.25, -0.2) is 4.98 Å². The lowest BCUT2D eigenvalue weighted by Gasteiger charge is -2.08. The Morgan fingerprint density at radius 2 is 2.54 bits per heavy atom. The van der Waals surface area contributed by atoms with Crippen molar-refractivity contribution in [2.24, 2.45) is 5.73 Å². The molecule has 1 rings (SSSR count). The third kappa shape index (κ3) is 2.94. The van der Waals surface area contributed by atoms with E-state index < -0.39 is 0 Å². The van der Waals surface area contributed by atoms with Crippen LogP contribution < -0.4 is 5.73 Å². The lowest BCUT2D eigenvalue weighted by atomic mass is 10.1. The molecule has 13 heavy (non-hydrogen) atoms. The normalized spacial score (nSPS) is 12.8. The van der Waals surface area contributed by atoms with E-state index >= 15 is 0 Å². The second-order valence-corrected chi connectivity index (χ2v) is 4.01. The number of allylic oxidation sites excluding steroid dienone is 1. The quantitative estimate of drug-likeness (QED) is 0.581. The highest BCUT2D eigenvalue weighted by Gasteiger charge is 2.10. The molecule has 0 fully saturated rings. The number of hydrogen-bond acceptors (Lipinski definition) is 3. The van der Waals surface area contributed by atoms with Crippen LogP contribution in [0.4, 0.5) is 0 Å². The highest BCUT2D eigenvalue weighted by molar-refractivity contribution is 7.09. The number of hydrogen-bond donors (Lipinski definition) is 1. The summed E-state index contributed by atoms with van der Waals surface area (Å²) in [6, 6.07) is 0.160. The molecule has 2 nitrogen and oxygen atoms in total. The van der Waals surface area contributed by atoms with Gasteiger partial charge in [0.25, 0.3) is 0 Å². The van der Waals surface area contributed by atoms with Gasteiger partial charge in [0, 0.05) is 10.9 Å². The van der Waals surface area contributed by atoms with Crippen molar-refractivity contribution in [3.63, 3.8) is 0 Å². The lowest BCUT2D eigenvalue weighted by molar-refractivity contribution is 0.622. The van der Waals surface area contributed by atoms with E-state index in [1.165, 1.54) is 4.88 Å². The highest BCUT2D eigenvalue weighted by atomic mass is 32.1. The molecule has 0 aromatic carbocycles. The number of rotatable bonds is 5. The molecule has 0 saturated heterocycles. The van der Waals surface area contributed by atoms with Crippen LogP contribution in [-0.4, -0.2) is 4.98 Å². The summed E-state index contributed by atoms with van der Waals surface area (Å²) >= 11 is 1.65. The minimum atomic E-state index is 0.160. The number of thiazole rings is 1. The highest BCUT2D eigenvalue weighted by Crippen LogP contribution is 2.23. The molecule has 72 valence electrons. The number of aromatic nitrogens is 1. The summed E-state index contributed by atoms with van der Waals surface area (Å²) in [5, 5.41) is 0. The first kappa shape index (κ1) is 10.4. The van der Waals surface area contributed by atoms with Crippen molar-refractivity contribution in [3.8, 4) is 0 Å². The zero-order chi connectivity index (χ0) is 9.68. The van der Waals surface area contributed by atoms with E-state index in [1.807, 2.05) is 18.5 Å². The Labute approximate surface area is 83.5 Å². The van der Waals surface area contributed by atoms with Crippen molar-refractivity contribution in [2.45, 2.75) is 32.2 Å². The third-order valence-corrected chi connectivity index (χ3v) is 3.11. The molecule has 1 atom stereocenters. The second-order valence-electron chi connectivity index (χ2n) is 3.13. The van der Waals surface area contributed by atoms with Gasteiger partial charge in [0.2, 0.25) is 0 Å². The van der Waals surface area contributed by atoms with Crippen LogP contribution in [0.1, 0.15) is 35.9 Å². The van der Waals surface area contributed by atoms with Crippen LogP contribution in [0.2, 0.25) is 0 Å². The predicted molar refractivity (Wildman–Crippen MR) is 57.8 cm³/mol. The van der Waals surface area contributed by atoms with Crippen LogP contribution in [0, 0.1) is 6.92 Å². The van der Waals surface area contributed by atoms with Gasteiger partial charge in [-0.15, -0.1) is 17.9 Å². The molecule has 0 bridgehead atoms. The fourth-order valence-electron chi connectivity index (χ4n) is 1.28. The molecule has 2 N–H and O–H groups in total. The topological polar surface area (TPSA) is 38.9 Å². The Hall–Kier alpha value is -0.670. The van der Waals surface area contributed by atoms with Gasteiger partial charge in [0.05, 0.1) is 11.2 Å². The van der Waals surface area contributed by atoms with Gasteiger partial charge in [-0.3, -0.25) is 0 Å². The van der Waals surface area contributed by atoms with E-state index in [9.17, 15) is 0 Å². The largest absolute Gasteiger partial charge is 0.323 e. The van der Waals surface area contributed by atoms with E-state index in [1.54, 1.807) is 11.3 Å². The molecule has 0 radical (unpaired) electrons. The van der Waals surface area contributed by atoms with Gasteiger partial charge in [0.1, 0.15) is 0 Å². The molecule has 0 aliphatic carbocycles. The summed E-state index contributed by atoms with van der Waals surface area (Å²) in [6.07, 6.45) is 5.12. The molecule has 3 heteroatoms. The van der Waals surface area contributed by atoms with Gasteiger partial charge in [-0.1, -0.05) is 6.08 Å². The first-order valence-corrected chi connectivity index (χ1v) is 5.40. The first-order valence-electron chi connectivity index (χ1n) is 4.52. The summed E-state index contributed by atoms with van der Waals surface area (Å²) in [7, 11) is 0. The van der Waals surface area contributed by atoms with Crippen LogP contribution in [0.5, 0.6) is 0 Å². The third-order valence-electron chi connectivity index (χ3n) is 2.04. The number of unbranched alkanes of at least 4 members (excludes halogenated alkanes) is 1. The Balaban J connectivity index is 2.44. The van der Waals surface area contributed by atoms with Crippen LogP contribution in [0.15, 0.2) is 18.2 Å². The maximum absolute atomic E-state index is 6.02. The van der Waals surface area contributed by atoms with E-state index in [0.717, 1.165) is 25.0 Å². The molecular weight excluding hydrogens is 180 g/mol. The maximum atomic E-state index is 6.02. The monoisotopic (exact) mass is 196 g/mol. The summed E-state index contributed by atoms with van der Waals surface area (Å²) in [5.74, 6) is 0. The lowest BCUT2D eigenvalue weighted by Crippen LogP contribution is -2.09. The number of nitrogens with zero attached hydrogens (tertiary/aromatic N) is 1. The number of nitrogens with two attached hydrogens (primary N) is 1. The molecule has 1 aromatic heterocycles. The van der Waals surface area contributed by atoms with E-state index in [-0.39, 0.29) is 6.04 Å². The summed E-state index contributed by atoms with van der Waals surface area (Å²) in [6.45, 7) is 5.70. The Kier molecular flexibility index (Phi) is 4.12. The molecule has 0 amide bonds. The van der Waals surface area contributed by atoms with E-state index in [2.05, 4.69) is 11.6 Å². The van der Waals surface area contributed by atoms with Gasteiger partial charge < -0.3 is 5.73 Å². The SMILES string of the molecule is C=CCCCC(N)c1scnc1C. The molecular formula is C10H16N2S. The van der Waals surface area contributed by atoms with Crippen LogP contribution in [-0.2, 0) is 0 Å². The van der Waals surface area contributed by atoms with Gasteiger partial charge >= 0.3 is 0 Å². The maximum Gasteiger partial charge on any atom is 0.0798 e. The predicted octanol–water partition coefficient (Wildman–Crippen LogP) is 2.81. The molecule has 1 unspecified atom stereocenters. The fourth-order valence-corrected chi connectivity index (χ4v) is 2.12. The average Bonchev–Trinajstić information content (AvgIpc) is 2.52. The van der Waals surface area contributed by atoms with Crippen molar-refractivity contribution in [3.05, 3.63) is 28.7 Å². The van der Waals surface area contributed by atoms with Crippen molar-refractivity contribution >= 4 is 11.3 Å². The van der Waals surface area contributed by atoms with Gasteiger partial charge in [-0.05, 0) is 26.2 Å². The minimum Gasteiger partial charge on any atom is -0.323 e. The van der Waals surface area contributed by atoms with Crippen LogP contribution in [0.25, 0.3) is 0 Å². The zero-order valence-electron chi connectivity index (χ0n) is 7.99. The summed E-state index contributed by atoms with van der Waals surface area (Å²) in [5.41, 5.74) is 8.96. The molecule has 1 heterocycles. The first-order chi connectivity index (χ1) is 6.25. The Bertz CT molecular complexity index is 268. The average molecular weight is 196 g/mol. The van der Waals surface area contributed by atoms with E-state index in [4.69, 9.17) is 5.73 Å². The molecule has 0 aliphatic rings. The van der Waals surface area contributed by atoms with Crippen molar-refractivity contribution in [1.29, 1.82) is 0 Å². The molecule has 0 aliphatic heterocycles. The molecule has 0 saturated carbocycles. The van der Waals surface area contributed by atoms with Crippen molar-refractivity contribution < 1.29 is 0 Å². The van der Waals surface area contributed by atoms with Gasteiger partial charge in [0.15, 0.2) is 0 Å². The standard InChI is InChI=1S/C10H16N2S/c1-3-4-5-6-9(11)10-8(2)12-7-13-10/h3,7,9H,1,4-6,11H2,2H3. The Morgan fingerprint density at radius 3 is 3.08 bits per heavy atom. The molecule has 0 spiro atoms. The number of aryl methyl sites for hydroxylation is 1. The zero-order valence-corrected chi connectivity index (χ0v) is 8.81. The Morgan fingerprint density at radius 1 is 1.77 bits per heavy atom. The van der Waals surface area contributed by atoms with Crippen molar-refractivity contribution in [2.75, 3.05) is 0 Å². The van der Waals surface area contributed by atoms with Crippen molar-refractivity contribution in [1.82, 2.24) is 4.98 Å². The summed E-state index contributed by atoms with van der Waals surface area (Å²) in [4.78, 5) is 5.41. The van der Waals surface area contributed by atoms with Crippen LogP contribution >= 0.6 is 11.3 Å². The molecule has 1 aromatic rings.